The number of hydrogen-bond donors (Lipinski definition) is 3. The molecule has 1 aliphatic heterocycles. The molecule has 106 valence electrons. The van der Waals surface area contributed by atoms with Gasteiger partial charge in [0.15, 0.2) is 0 Å². The zero-order valence-electron chi connectivity index (χ0n) is 10.1. The van der Waals surface area contributed by atoms with Gasteiger partial charge in [-0.1, -0.05) is 11.6 Å². The number of carbonyl (C=O) groups excluding carboxylic acids is 4. The number of piperidine rings is 1. The molecular weight excluding hydrogens is 306 g/mol. The molecule has 7 nitrogen and oxygen atoms in total. The van der Waals surface area contributed by atoms with Gasteiger partial charge in [-0.3, -0.25) is 24.5 Å². The molecule has 1 aliphatic rings. The number of nitrogens with one attached hydrogen (secondary N) is 3. The van der Waals surface area contributed by atoms with E-state index in [1.54, 1.807) is 0 Å². The number of anilines is 1. The molecule has 1 aromatic rings. The third kappa shape index (κ3) is 3.14. The first-order valence-electron chi connectivity index (χ1n) is 5.65. The van der Waals surface area contributed by atoms with E-state index in [4.69, 9.17) is 11.6 Å². The zero-order valence-corrected chi connectivity index (χ0v) is 11.6. The SMILES string of the molecule is O=CNc1sc(Cl)cc1C(=O)NC1CCC(=O)NC1=O. The summed E-state index contributed by atoms with van der Waals surface area (Å²) >= 11 is 6.83. The summed E-state index contributed by atoms with van der Waals surface area (Å²) in [5.41, 5.74) is 0.178. The van der Waals surface area contributed by atoms with Crippen LogP contribution in [0.3, 0.4) is 0 Å². The second kappa shape index (κ2) is 6.02. The van der Waals surface area contributed by atoms with Crippen molar-refractivity contribution in [2.24, 2.45) is 0 Å². The maximum absolute atomic E-state index is 12.1. The van der Waals surface area contributed by atoms with Crippen LogP contribution in [0.15, 0.2) is 6.07 Å². The zero-order chi connectivity index (χ0) is 14.7. The molecule has 0 aliphatic carbocycles. The summed E-state index contributed by atoms with van der Waals surface area (Å²) in [5, 5.41) is 7.32. The molecule has 9 heteroatoms. The molecule has 1 atom stereocenters. The van der Waals surface area contributed by atoms with Gasteiger partial charge < -0.3 is 10.6 Å². The summed E-state index contributed by atoms with van der Waals surface area (Å²) in [4.78, 5) is 45.1. The second-order valence-corrected chi connectivity index (χ2v) is 5.72. The Morgan fingerprint density at radius 3 is 2.90 bits per heavy atom. The van der Waals surface area contributed by atoms with Crippen LogP contribution in [0, 0.1) is 0 Å². The smallest absolute Gasteiger partial charge is 0.254 e. The average Bonchev–Trinajstić information content (AvgIpc) is 2.74. The van der Waals surface area contributed by atoms with Crippen molar-refractivity contribution in [3.63, 3.8) is 0 Å². The van der Waals surface area contributed by atoms with Gasteiger partial charge in [0.2, 0.25) is 18.2 Å². The Labute approximate surface area is 122 Å². The van der Waals surface area contributed by atoms with Gasteiger partial charge >= 0.3 is 0 Å². The van der Waals surface area contributed by atoms with Crippen LogP contribution in [0.5, 0.6) is 0 Å². The van der Waals surface area contributed by atoms with E-state index in [0.29, 0.717) is 15.7 Å². The highest BCUT2D eigenvalue weighted by molar-refractivity contribution is 7.20. The lowest BCUT2D eigenvalue weighted by Gasteiger charge is -2.21. The summed E-state index contributed by atoms with van der Waals surface area (Å²) in [5.74, 6) is -1.43. The normalized spacial score (nSPS) is 18.4. The summed E-state index contributed by atoms with van der Waals surface area (Å²) in [7, 11) is 0. The van der Waals surface area contributed by atoms with E-state index in [1.165, 1.54) is 6.07 Å². The Bertz CT molecular complexity index is 586. The van der Waals surface area contributed by atoms with Gasteiger partial charge in [0.05, 0.1) is 9.90 Å². The third-order valence-corrected chi connectivity index (χ3v) is 3.88. The fraction of sp³-hybridized carbons (Fsp3) is 0.273. The van der Waals surface area contributed by atoms with E-state index in [2.05, 4.69) is 16.0 Å². The Morgan fingerprint density at radius 1 is 1.50 bits per heavy atom. The second-order valence-electron chi connectivity index (χ2n) is 4.03. The predicted molar refractivity (Wildman–Crippen MR) is 72.7 cm³/mol. The average molecular weight is 316 g/mol. The van der Waals surface area contributed by atoms with Crippen LogP contribution in [0.25, 0.3) is 0 Å². The van der Waals surface area contributed by atoms with E-state index in [9.17, 15) is 19.2 Å². The minimum atomic E-state index is -0.775. The number of amides is 4. The van der Waals surface area contributed by atoms with Crippen molar-refractivity contribution in [1.29, 1.82) is 0 Å². The number of rotatable bonds is 4. The quantitative estimate of drug-likeness (QED) is 0.556. The minimum absolute atomic E-state index is 0.167. The number of imide groups is 1. The van der Waals surface area contributed by atoms with E-state index >= 15 is 0 Å². The van der Waals surface area contributed by atoms with Gasteiger partial charge in [-0.2, -0.15) is 0 Å². The highest BCUT2D eigenvalue weighted by Crippen LogP contribution is 2.31. The fourth-order valence-corrected chi connectivity index (χ4v) is 2.84. The molecule has 0 saturated carbocycles. The van der Waals surface area contributed by atoms with Gasteiger partial charge in [-0.15, -0.1) is 11.3 Å². The van der Waals surface area contributed by atoms with Crippen LogP contribution in [-0.2, 0) is 14.4 Å². The van der Waals surface area contributed by atoms with Crippen LogP contribution in [0.4, 0.5) is 5.00 Å². The molecular formula is C11H10ClN3O4S. The lowest BCUT2D eigenvalue weighted by molar-refractivity contribution is -0.134. The molecule has 1 fully saturated rings. The van der Waals surface area contributed by atoms with Crippen LogP contribution in [-0.4, -0.2) is 30.2 Å². The van der Waals surface area contributed by atoms with Gasteiger partial charge in [0.1, 0.15) is 11.0 Å². The standard InChI is InChI=1S/C11H10ClN3O4S/c12-7-3-5(11(20-7)13-4-16)9(18)14-6-1-2-8(17)15-10(6)19/h3-4,6H,1-2H2,(H,13,16)(H,14,18)(H,15,17,19). The third-order valence-electron chi connectivity index (χ3n) is 2.68. The molecule has 0 aromatic carbocycles. The van der Waals surface area contributed by atoms with Crippen molar-refractivity contribution >= 4 is 52.1 Å². The number of halogens is 1. The van der Waals surface area contributed by atoms with Crippen LogP contribution in [0.1, 0.15) is 23.2 Å². The number of thiophene rings is 1. The molecule has 0 spiro atoms. The van der Waals surface area contributed by atoms with Crippen molar-refractivity contribution in [3.05, 3.63) is 16.0 Å². The fourth-order valence-electron chi connectivity index (χ4n) is 1.76. The molecule has 2 heterocycles. The van der Waals surface area contributed by atoms with Crippen LogP contribution in [0.2, 0.25) is 4.34 Å². The van der Waals surface area contributed by atoms with Crippen LogP contribution < -0.4 is 16.0 Å². The van der Waals surface area contributed by atoms with E-state index in [-0.39, 0.29) is 24.3 Å². The first-order valence-corrected chi connectivity index (χ1v) is 6.84. The van der Waals surface area contributed by atoms with Crippen molar-refractivity contribution in [2.45, 2.75) is 18.9 Å². The topological polar surface area (TPSA) is 104 Å². The maximum atomic E-state index is 12.1. The minimum Gasteiger partial charge on any atom is -0.340 e. The lowest BCUT2D eigenvalue weighted by Crippen LogP contribution is -2.52. The first kappa shape index (κ1) is 14.5. The van der Waals surface area contributed by atoms with Gasteiger partial charge in [-0.05, 0) is 12.5 Å². The van der Waals surface area contributed by atoms with Crippen molar-refractivity contribution in [2.75, 3.05) is 5.32 Å². The number of carbonyl (C=O) groups is 4. The largest absolute Gasteiger partial charge is 0.340 e. The summed E-state index contributed by atoms with van der Waals surface area (Å²) in [6.45, 7) is 0. The summed E-state index contributed by atoms with van der Waals surface area (Å²) in [6.07, 6.45) is 0.843. The summed E-state index contributed by atoms with van der Waals surface area (Å²) in [6, 6.07) is 0.627. The molecule has 4 amide bonds. The van der Waals surface area contributed by atoms with Crippen molar-refractivity contribution in [1.82, 2.24) is 10.6 Å². The van der Waals surface area contributed by atoms with Crippen LogP contribution >= 0.6 is 22.9 Å². The molecule has 20 heavy (non-hydrogen) atoms. The molecule has 1 unspecified atom stereocenters. The van der Waals surface area contributed by atoms with Gasteiger partial charge in [-0.25, -0.2) is 0 Å². The molecule has 3 N–H and O–H groups in total. The van der Waals surface area contributed by atoms with E-state index in [0.717, 1.165) is 11.3 Å². The Hall–Kier alpha value is -1.93. The van der Waals surface area contributed by atoms with Gasteiger partial charge in [0, 0.05) is 6.42 Å². The van der Waals surface area contributed by atoms with E-state index in [1.807, 2.05) is 0 Å². The molecule has 1 aromatic heterocycles. The molecule has 2 rings (SSSR count). The Morgan fingerprint density at radius 2 is 2.25 bits per heavy atom. The Balaban J connectivity index is 2.10. The first-order chi connectivity index (χ1) is 9.51. The number of hydrogen-bond acceptors (Lipinski definition) is 5. The van der Waals surface area contributed by atoms with Gasteiger partial charge in [0.25, 0.3) is 5.91 Å². The lowest BCUT2D eigenvalue weighted by atomic mass is 10.1. The molecule has 0 radical (unpaired) electrons. The Kier molecular flexibility index (Phi) is 4.35. The van der Waals surface area contributed by atoms with E-state index < -0.39 is 17.9 Å². The van der Waals surface area contributed by atoms with Crippen molar-refractivity contribution < 1.29 is 19.2 Å². The predicted octanol–water partition coefficient (Wildman–Crippen LogP) is 0.505. The van der Waals surface area contributed by atoms with Crippen molar-refractivity contribution in [3.8, 4) is 0 Å². The molecule has 1 saturated heterocycles. The summed E-state index contributed by atoms with van der Waals surface area (Å²) < 4.78 is 0.336. The monoisotopic (exact) mass is 315 g/mol. The molecule has 0 bridgehead atoms. The highest BCUT2D eigenvalue weighted by Gasteiger charge is 2.29. The highest BCUT2D eigenvalue weighted by atomic mass is 35.5. The maximum Gasteiger partial charge on any atom is 0.254 e.